The summed E-state index contributed by atoms with van der Waals surface area (Å²) >= 11 is 5.76. The quantitative estimate of drug-likeness (QED) is 0.841. The lowest BCUT2D eigenvalue weighted by Crippen LogP contribution is -2.30. The van der Waals surface area contributed by atoms with Gasteiger partial charge in [-0.1, -0.05) is 11.6 Å². The molecule has 0 saturated carbocycles. The lowest BCUT2D eigenvalue weighted by Gasteiger charge is -2.09. The Kier molecular flexibility index (Phi) is 3.80. The first-order valence-electron chi connectivity index (χ1n) is 5.50. The molecule has 0 aromatic heterocycles. The van der Waals surface area contributed by atoms with Gasteiger partial charge in [-0.3, -0.25) is 4.79 Å². The maximum atomic E-state index is 11.7. The Morgan fingerprint density at radius 3 is 2.81 bits per heavy atom. The van der Waals surface area contributed by atoms with Crippen molar-refractivity contribution < 1.29 is 4.79 Å². The van der Waals surface area contributed by atoms with Crippen molar-refractivity contribution in [1.82, 2.24) is 10.6 Å². The predicted molar refractivity (Wildman–Crippen MR) is 64.8 cm³/mol. The highest BCUT2D eigenvalue weighted by Gasteiger charge is 2.15. The third-order valence-corrected chi connectivity index (χ3v) is 3.07. The number of amides is 1. The third kappa shape index (κ3) is 2.97. The summed E-state index contributed by atoms with van der Waals surface area (Å²) in [6.45, 7) is 2.80. The summed E-state index contributed by atoms with van der Waals surface area (Å²) in [5.41, 5.74) is 0.662. The van der Waals surface area contributed by atoms with Crippen molar-refractivity contribution in [3.8, 4) is 0 Å². The lowest BCUT2D eigenvalue weighted by atomic mass is 10.1. The predicted octanol–water partition coefficient (Wildman–Crippen LogP) is 1.68. The van der Waals surface area contributed by atoms with Gasteiger partial charge in [-0.2, -0.15) is 0 Å². The number of carbonyl (C=O) groups excluding carboxylic acids is 1. The Morgan fingerprint density at radius 2 is 2.19 bits per heavy atom. The van der Waals surface area contributed by atoms with Crippen molar-refractivity contribution in [3.05, 3.63) is 34.9 Å². The molecule has 0 radical (unpaired) electrons. The first-order valence-corrected chi connectivity index (χ1v) is 5.88. The zero-order chi connectivity index (χ0) is 11.4. The van der Waals surface area contributed by atoms with Gasteiger partial charge in [0, 0.05) is 17.1 Å². The molecular formula is C12H15ClN2O. The maximum Gasteiger partial charge on any atom is 0.251 e. The molecule has 1 aliphatic heterocycles. The molecule has 0 bridgehead atoms. The number of hydrogen-bond donors (Lipinski definition) is 2. The second-order valence-electron chi connectivity index (χ2n) is 4.08. The van der Waals surface area contributed by atoms with Gasteiger partial charge in [0.1, 0.15) is 0 Å². The minimum absolute atomic E-state index is 0.0245. The number of halogens is 1. The zero-order valence-corrected chi connectivity index (χ0v) is 9.76. The molecule has 1 aromatic rings. The minimum atomic E-state index is -0.0245. The molecule has 86 valence electrons. The van der Waals surface area contributed by atoms with Crippen LogP contribution in [0, 0.1) is 5.92 Å². The van der Waals surface area contributed by atoms with Crippen LogP contribution in [-0.2, 0) is 0 Å². The van der Waals surface area contributed by atoms with Crippen LogP contribution in [0.3, 0.4) is 0 Å². The van der Waals surface area contributed by atoms with Crippen molar-refractivity contribution in [2.75, 3.05) is 19.6 Å². The highest BCUT2D eigenvalue weighted by Crippen LogP contribution is 2.10. The summed E-state index contributed by atoms with van der Waals surface area (Å²) in [6, 6.07) is 6.94. The van der Waals surface area contributed by atoms with E-state index in [1.165, 1.54) is 0 Å². The molecule has 16 heavy (non-hydrogen) atoms. The Hall–Kier alpha value is -1.06. The van der Waals surface area contributed by atoms with E-state index in [2.05, 4.69) is 10.6 Å². The molecular weight excluding hydrogens is 224 g/mol. The molecule has 1 atom stereocenters. The highest BCUT2D eigenvalue weighted by molar-refractivity contribution is 6.30. The van der Waals surface area contributed by atoms with Crippen molar-refractivity contribution in [2.45, 2.75) is 6.42 Å². The van der Waals surface area contributed by atoms with E-state index in [9.17, 15) is 4.79 Å². The third-order valence-electron chi connectivity index (χ3n) is 2.82. The highest BCUT2D eigenvalue weighted by atomic mass is 35.5. The van der Waals surface area contributed by atoms with E-state index < -0.39 is 0 Å². The lowest BCUT2D eigenvalue weighted by molar-refractivity contribution is 0.0948. The van der Waals surface area contributed by atoms with Crippen LogP contribution < -0.4 is 10.6 Å². The van der Waals surface area contributed by atoms with Crippen molar-refractivity contribution in [2.24, 2.45) is 5.92 Å². The van der Waals surface area contributed by atoms with Crippen LogP contribution in [0.2, 0.25) is 5.02 Å². The van der Waals surface area contributed by atoms with Crippen LogP contribution in [0.1, 0.15) is 16.8 Å². The molecule has 2 rings (SSSR count). The van der Waals surface area contributed by atoms with Gasteiger partial charge in [-0.05, 0) is 49.7 Å². The summed E-state index contributed by atoms with van der Waals surface area (Å²) in [4.78, 5) is 11.7. The Balaban J connectivity index is 1.85. The number of benzene rings is 1. The van der Waals surface area contributed by atoms with Crippen LogP contribution in [0.4, 0.5) is 0 Å². The van der Waals surface area contributed by atoms with Crippen molar-refractivity contribution in [3.63, 3.8) is 0 Å². The molecule has 1 unspecified atom stereocenters. The summed E-state index contributed by atoms with van der Waals surface area (Å²) in [6.07, 6.45) is 1.14. The molecule has 1 heterocycles. The van der Waals surface area contributed by atoms with Gasteiger partial charge in [-0.15, -0.1) is 0 Å². The normalized spacial score (nSPS) is 19.7. The fourth-order valence-electron chi connectivity index (χ4n) is 1.83. The number of nitrogens with one attached hydrogen (secondary N) is 2. The molecule has 1 aromatic carbocycles. The summed E-state index contributed by atoms with van der Waals surface area (Å²) in [5.74, 6) is 0.541. The first kappa shape index (κ1) is 11.4. The van der Waals surface area contributed by atoms with E-state index in [0.717, 1.165) is 26.1 Å². The van der Waals surface area contributed by atoms with Gasteiger partial charge in [0.25, 0.3) is 5.91 Å². The first-order chi connectivity index (χ1) is 7.75. The molecule has 0 aliphatic carbocycles. The van der Waals surface area contributed by atoms with Gasteiger partial charge in [0.2, 0.25) is 0 Å². The van der Waals surface area contributed by atoms with Gasteiger partial charge >= 0.3 is 0 Å². The molecule has 3 nitrogen and oxygen atoms in total. The van der Waals surface area contributed by atoms with Gasteiger partial charge in [-0.25, -0.2) is 0 Å². The van der Waals surface area contributed by atoms with E-state index in [1.54, 1.807) is 24.3 Å². The van der Waals surface area contributed by atoms with Gasteiger partial charge < -0.3 is 10.6 Å². The Bertz CT molecular complexity index is 358. The van der Waals surface area contributed by atoms with Gasteiger partial charge in [0.05, 0.1) is 0 Å². The average Bonchev–Trinajstić information content (AvgIpc) is 2.80. The van der Waals surface area contributed by atoms with E-state index in [1.807, 2.05) is 0 Å². The van der Waals surface area contributed by atoms with Crippen LogP contribution in [-0.4, -0.2) is 25.5 Å². The zero-order valence-electron chi connectivity index (χ0n) is 9.00. The number of carbonyl (C=O) groups is 1. The summed E-state index contributed by atoms with van der Waals surface area (Å²) < 4.78 is 0. The monoisotopic (exact) mass is 238 g/mol. The smallest absolute Gasteiger partial charge is 0.251 e. The number of rotatable bonds is 3. The standard InChI is InChI=1S/C12H15ClN2O/c13-11-3-1-10(2-4-11)12(16)15-8-9-5-6-14-7-9/h1-4,9,14H,5-8H2,(H,15,16). The molecule has 1 aliphatic rings. The van der Waals surface area contributed by atoms with Crippen molar-refractivity contribution in [1.29, 1.82) is 0 Å². The van der Waals surface area contributed by atoms with E-state index in [4.69, 9.17) is 11.6 Å². The van der Waals surface area contributed by atoms with Crippen LogP contribution in [0.5, 0.6) is 0 Å². The Labute approximate surface area is 100 Å². The Morgan fingerprint density at radius 1 is 1.44 bits per heavy atom. The largest absolute Gasteiger partial charge is 0.352 e. The summed E-state index contributed by atoms with van der Waals surface area (Å²) in [5, 5.41) is 6.86. The molecule has 1 saturated heterocycles. The van der Waals surface area contributed by atoms with E-state index in [0.29, 0.717) is 16.5 Å². The SMILES string of the molecule is O=C(NCC1CCNC1)c1ccc(Cl)cc1. The number of hydrogen-bond acceptors (Lipinski definition) is 2. The molecule has 2 N–H and O–H groups in total. The second-order valence-corrected chi connectivity index (χ2v) is 4.51. The van der Waals surface area contributed by atoms with Crippen LogP contribution in [0.15, 0.2) is 24.3 Å². The van der Waals surface area contributed by atoms with E-state index in [-0.39, 0.29) is 5.91 Å². The molecule has 0 spiro atoms. The van der Waals surface area contributed by atoms with E-state index >= 15 is 0 Å². The molecule has 4 heteroatoms. The maximum absolute atomic E-state index is 11.7. The minimum Gasteiger partial charge on any atom is -0.352 e. The molecule has 1 fully saturated rings. The van der Waals surface area contributed by atoms with Crippen molar-refractivity contribution >= 4 is 17.5 Å². The average molecular weight is 239 g/mol. The fourth-order valence-corrected chi connectivity index (χ4v) is 1.96. The van der Waals surface area contributed by atoms with Crippen LogP contribution >= 0.6 is 11.6 Å². The van der Waals surface area contributed by atoms with Crippen LogP contribution in [0.25, 0.3) is 0 Å². The summed E-state index contributed by atoms with van der Waals surface area (Å²) in [7, 11) is 0. The van der Waals surface area contributed by atoms with Gasteiger partial charge in [0.15, 0.2) is 0 Å². The topological polar surface area (TPSA) is 41.1 Å². The fraction of sp³-hybridized carbons (Fsp3) is 0.417. The second kappa shape index (κ2) is 5.32. The molecule has 1 amide bonds.